The Morgan fingerprint density at radius 2 is 2.00 bits per heavy atom. The number of imide groups is 1. The number of aryl methyl sites for hydroxylation is 1. The van der Waals surface area contributed by atoms with E-state index >= 15 is 0 Å². The molecule has 8 nitrogen and oxygen atoms in total. The lowest BCUT2D eigenvalue weighted by atomic mass is 10.0. The Labute approximate surface area is 189 Å². The third kappa shape index (κ3) is 3.53. The zero-order chi connectivity index (χ0) is 23.2. The van der Waals surface area contributed by atoms with E-state index in [1.165, 1.54) is 4.90 Å². The fourth-order valence-electron chi connectivity index (χ4n) is 4.27. The molecular formula is C25H20N4O4. The molecule has 2 N–H and O–H groups in total. The van der Waals surface area contributed by atoms with E-state index in [4.69, 9.17) is 11.2 Å². The average Bonchev–Trinajstić information content (AvgIpc) is 3.26. The Hall–Kier alpha value is -4.38. The van der Waals surface area contributed by atoms with Crippen molar-refractivity contribution in [3.63, 3.8) is 0 Å². The van der Waals surface area contributed by atoms with Crippen LogP contribution in [0, 0.1) is 19.3 Å². The van der Waals surface area contributed by atoms with Crippen LogP contribution in [-0.2, 0) is 17.9 Å². The Bertz CT molecular complexity index is 1380. The second-order valence-electron chi connectivity index (χ2n) is 8.17. The number of aromatic nitrogens is 1. The molecule has 3 aromatic rings. The Balaban J connectivity index is 1.34. The van der Waals surface area contributed by atoms with Crippen molar-refractivity contribution in [2.45, 2.75) is 25.6 Å². The van der Waals surface area contributed by atoms with Crippen LogP contribution in [0.1, 0.15) is 27.2 Å². The number of hydrogen-bond donors (Lipinski definition) is 2. The summed E-state index contributed by atoms with van der Waals surface area (Å²) in [4.78, 5) is 42.8. The number of hydrogen-bond acceptors (Lipinski definition) is 5. The summed E-state index contributed by atoms with van der Waals surface area (Å²) in [5, 5.41) is 5.60. The van der Waals surface area contributed by atoms with Gasteiger partial charge in [0.2, 0.25) is 0 Å². The van der Waals surface area contributed by atoms with Crippen LogP contribution < -0.4 is 15.4 Å². The third-order valence-corrected chi connectivity index (χ3v) is 5.90. The molecule has 3 heterocycles. The van der Waals surface area contributed by atoms with Crippen LogP contribution in [0.3, 0.4) is 0 Å². The number of nitrogens with one attached hydrogen (secondary N) is 2. The molecule has 0 bridgehead atoms. The summed E-state index contributed by atoms with van der Waals surface area (Å²) in [6.07, 6.45) is 5.53. The highest BCUT2D eigenvalue weighted by atomic mass is 16.5. The SMILES string of the molecule is C#C[C@]1(CN2Cc3ccc(OCc4cc(C)nc5ccccc45)cc3C2=O)NC(=O)NC1=O. The smallest absolute Gasteiger partial charge is 0.323 e. The number of para-hydroxylation sites is 1. The lowest BCUT2D eigenvalue weighted by Gasteiger charge is -2.26. The summed E-state index contributed by atoms with van der Waals surface area (Å²) in [6, 6.07) is 14.5. The largest absolute Gasteiger partial charge is 0.489 e. The van der Waals surface area contributed by atoms with Gasteiger partial charge in [0, 0.05) is 28.8 Å². The van der Waals surface area contributed by atoms with Crippen molar-refractivity contribution in [1.29, 1.82) is 0 Å². The van der Waals surface area contributed by atoms with Gasteiger partial charge in [0.05, 0.1) is 12.1 Å². The van der Waals surface area contributed by atoms with Gasteiger partial charge in [-0.2, -0.15) is 0 Å². The van der Waals surface area contributed by atoms with Crippen LogP contribution in [0.5, 0.6) is 5.75 Å². The van der Waals surface area contributed by atoms with E-state index < -0.39 is 17.5 Å². The fourth-order valence-corrected chi connectivity index (χ4v) is 4.27. The van der Waals surface area contributed by atoms with Gasteiger partial charge in [0.15, 0.2) is 5.54 Å². The summed E-state index contributed by atoms with van der Waals surface area (Å²) >= 11 is 0. The van der Waals surface area contributed by atoms with E-state index in [2.05, 4.69) is 21.5 Å². The number of rotatable bonds is 5. The minimum absolute atomic E-state index is 0.118. The summed E-state index contributed by atoms with van der Waals surface area (Å²) in [5.41, 5.74) is 2.52. The van der Waals surface area contributed by atoms with E-state index in [1.54, 1.807) is 6.07 Å². The lowest BCUT2D eigenvalue weighted by molar-refractivity contribution is -0.122. The molecule has 0 aliphatic carbocycles. The monoisotopic (exact) mass is 440 g/mol. The second kappa shape index (κ2) is 7.64. The van der Waals surface area contributed by atoms with Crippen molar-refractivity contribution in [2.24, 2.45) is 0 Å². The van der Waals surface area contributed by atoms with E-state index in [1.807, 2.05) is 49.4 Å². The van der Waals surface area contributed by atoms with Crippen molar-refractivity contribution in [3.8, 4) is 18.1 Å². The Morgan fingerprint density at radius 3 is 2.76 bits per heavy atom. The molecule has 0 radical (unpaired) electrons. The van der Waals surface area contributed by atoms with Gasteiger partial charge in [-0.25, -0.2) is 4.79 Å². The molecule has 0 unspecified atom stereocenters. The van der Waals surface area contributed by atoms with Crippen LogP contribution in [0.4, 0.5) is 4.79 Å². The summed E-state index contributed by atoms with van der Waals surface area (Å²) in [7, 11) is 0. The maximum absolute atomic E-state index is 13.0. The number of carbonyl (C=O) groups excluding carboxylic acids is 3. The molecule has 2 aliphatic heterocycles. The molecule has 164 valence electrons. The van der Waals surface area contributed by atoms with E-state index in [9.17, 15) is 14.4 Å². The quantitative estimate of drug-likeness (QED) is 0.468. The number of amides is 4. The molecule has 1 saturated heterocycles. The standard InChI is InChI=1S/C25H20N4O4/c1-3-25(23(31)27-24(32)28-25)14-29-12-16-8-9-18(11-20(16)22(29)30)33-13-17-10-15(2)26-21-7-5-4-6-19(17)21/h1,4-11H,12-14H2,2H3,(H2,27,28,31,32)/t25-/m1/s1. The molecule has 2 aromatic carbocycles. The minimum atomic E-state index is -1.58. The molecule has 4 amide bonds. The fraction of sp³-hybridized carbons (Fsp3) is 0.200. The highest BCUT2D eigenvalue weighted by Gasteiger charge is 2.48. The predicted molar refractivity (Wildman–Crippen MR) is 120 cm³/mol. The number of ether oxygens (including phenoxy) is 1. The molecular weight excluding hydrogens is 420 g/mol. The summed E-state index contributed by atoms with van der Waals surface area (Å²) in [6.45, 7) is 2.43. The van der Waals surface area contributed by atoms with Gasteiger partial charge in [-0.15, -0.1) is 6.42 Å². The molecule has 33 heavy (non-hydrogen) atoms. The number of nitrogens with zero attached hydrogens (tertiary/aromatic N) is 2. The van der Waals surface area contributed by atoms with Crippen molar-refractivity contribution < 1.29 is 19.1 Å². The molecule has 1 atom stereocenters. The zero-order valence-electron chi connectivity index (χ0n) is 17.8. The number of carbonyl (C=O) groups is 3. The van der Waals surface area contributed by atoms with Crippen LogP contribution in [0.15, 0.2) is 48.5 Å². The Morgan fingerprint density at radius 1 is 1.18 bits per heavy atom. The molecule has 8 heteroatoms. The third-order valence-electron chi connectivity index (χ3n) is 5.90. The highest BCUT2D eigenvalue weighted by Crippen LogP contribution is 2.29. The molecule has 0 saturated carbocycles. The topological polar surface area (TPSA) is 101 Å². The normalized spacial score (nSPS) is 19.3. The maximum atomic E-state index is 13.0. The minimum Gasteiger partial charge on any atom is -0.489 e. The summed E-state index contributed by atoms with van der Waals surface area (Å²) in [5.74, 6) is 1.98. The van der Waals surface area contributed by atoms with E-state index in [0.29, 0.717) is 17.9 Å². The maximum Gasteiger partial charge on any atom is 0.323 e. The van der Waals surface area contributed by atoms with Gasteiger partial charge in [-0.3, -0.25) is 19.9 Å². The number of fused-ring (bicyclic) bond motifs is 2. The molecule has 2 aliphatic rings. The van der Waals surface area contributed by atoms with E-state index in [-0.39, 0.29) is 19.0 Å². The lowest BCUT2D eigenvalue weighted by Crippen LogP contribution is -2.54. The number of urea groups is 1. The van der Waals surface area contributed by atoms with Crippen molar-refractivity contribution in [2.75, 3.05) is 6.54 Å². The van der Waals surface area contributed by atoms with Crippen LogP contribution >= 0.6 is 0 Å². The van der Waals surface area contributed by atoms with Crippen molar-refractivity contribution >= 4 is 28.7 Å². The van der Waals surface area contributed by atoms with Gasteiger partial charge in [0.25, 0.3) is 11.8 Å². The summed E-state index contributed by atoms with van der Waals surface area (Å²) < 4.78 is 6.02. The zero-order valence-corrected chi connectivity index (χ0v) is 17.8. The van der Waals surface area contributed by atoms with Gasteiger partial charge in [0.1, 0.15) is 12.4 Å². The first-order valence-corrected chi connectivity index (χ1v) is 10.4. The first-order chi connectivity index (χ1) is 15.9. The van der Waals surface area contributed by atoms with Gasteiger partial charge in [-0.1, -0.05) is 30.2 Å². The van der Waals surface area contributed by atoms with Crippen molar-refractivity contribution in [1.82, 2.24) is 20.5 Å². The second-order valence-corrected chi connectivity index (χ2v) is 8.17. The first kappa shape index (κ1) is 20.5. The van der Waals surface area contributed by atoms with Crippen LogP contribution in [0.25, 0.3) is 10.9 Å². The van der Waals surface area contributed by atoms with Crippen molar-refractivity contribution in [3.05, 3.63) is 70.9 Å². The number of terminal acetylenes is 1. The van der Waals surface area contributed by atoms with E-state index in [0.717, 1.165) is 27.7 Å². The predicted octanol–water partition coefficient (Wildman–Crippen LogP) is 2.29. The van der Waals surface area contributed by atoms with Gasteiger partial charge in [-0.05, 0) is 36.8 Å². The Kier molecular flexibility index (Phi) is 4.75. The first-order valence-electron chi connectivity index (χ1n) is 10.4. The van der Waals surface area contributed by atoms with Crippen LogP contribution in [-0.4, -0.2) is 39.8 Å². The van der Waals surface area contributed by atoms with Crippen LogP contribution in [0.2, 0.25) is 0 Å². The molecule has 1 fully saturated rings. The number of benzene rings is 2. The average molecular weight is 440 g/mol. The molecule has 0 spiro atoms. The number of pyridine rings is 1. The molecule has 1 aromatic heterocycles. The molecule has 5 rings (SSSR count). The van der Waals surface area contributed by atoms with Gasteiger partial charge < -0.3 is 15.0 Å². The highest BCUT2D eigenvalue weighted by molar-refractivity contribution is 6.10. The van der Waals surface area contributed by atoms with Gasteiger partial charge >= 0.3 is 6.03 Å².